The molecule has 0 radical (unpaired) electrons. The molecule has 2 rings (SSSR count). The zero-order chi connectivity index (χ0) is 15.4. The van der Waals surface area contributed by atoms with Gasteiger partial charge < -0.3 is 16.8 Å². The highest BCUT2D eigenvalue weighted by atomic mass is 32.2. The molecule has 2 amide bonds. The summed E-state index contributed by atoms with van der Waals surface area (Å²) in [6, 6.07) is 12.4. The van der Waals surface area contributed by atoms with Crippen LogP contribution in [0.25, 0.3) is 0 Å². The Morgan fingerprint density at radius 1 is 1.10 bits per heavy atom. The monoisotopic (exact) mass is 301 g/mol. The van der Waals surface area contributed by atoms with Crippen LogP contribution in [0, 0.1) is 0 Å². The number of carbonyl (C=O) groups excluding carboxylic acids is 2. The average molecular weight is 301 g/mol. The largest absolute Gasteiger partial charge is 0.398 e. The van der Waals surface area contributed by atoms with Crippen LogP contribution in [-0.2, 0) is 4.79 Å². The van der Waals surface area contributed by atoms with Crippen LogP contribution in [-0.4, -0.2) is 11.8 Å². The van der Waals surface area contributed by atoms with Crippen LogP contribution < -0.4 is 16.8 Å². The maximum atomic E-state index is 11.1. The molecule has 2 aromatic carbocycles. The maximum Gasteiger partial charge on any atom is 0.248 e. The van der Waals surface area contributed by atoms with E-state index in [0.717, 1.165) is 15.5 Å². The van der Waals surface area contributed by atoms with Crippen LogP contribution in [0.1, 0.15) is 17.3 Å². The maximum absolute atomic E-state index is 11.1. The molecule has 0 aliphatic rings. The van der Waals surface area contributed by atoms with Crippen molar-refractivity contribution >= 4 is 35.0 Å². The zero-order valence-corrected chi connectivity index (χ0v) is 12.2. The van der Waals surface area contributed by atoms with Gasteiger partial charge in [-0.05, 0) is 42.5 Å². The van der Waals surface area contributed by atoms with Crippen molar-refractivity contribution in [1.29, 1.82) is 0 Å². The third-order valence-electron chi connectivity index (χ3n) is 2.70. The molecule has 0 bridgehead atoms. The first-order valence-electron chi connectivity index (χ1n) is 6.20. The second-order valence-electron chi connectivity index (χ2n) is 4.42. The fourth-order valence-corrected chi connectivity index (χ4v) is 2.57. The first-order chi connectivity index (χ1) is 9.95. The van der Waals surface area contributed by atoms with E-state index >= 15 is 0 Å². The Morgan fingerprint density at radius 2 is 1.76 bits per heavy atom. The van der Waals surface area contributed by atoms with E-state index < -0.39 is 5.91 Å². The molecular weight excluding hydrogens is 286 g/mol. The lowest BCUT2D eigenvalue weighted by atomic mass is 10.2. The van der Waals surface area contributed by atoms with E-state index in [-0.39, 0.29) is 5.91 Å². The summed E-state index contributed by atoms with van der Waals surface area (Å²) in [5.41, 5.74) is 12.8. The van der Waals surface area contributed by atoms with Crippen LogP contribution in [0.5, 0.6) is 0 Å². The minimum Gasteiger partial charge on any atom is -0.398 e. The molecule has 0 aliphatic carbocycles. The molecule has 0 saturated heterocycles. The molecule has 0 saturated carbocycles. The van der Waals surface area contributed by atoms with Crippen molar-refractivity contribution in [3.05, 3.63) is 48.0 Å². The SMILES string of the molecule is CC(=O)Nc1ccc(Sc2ccc(C(N)=O)cc2N)cc1. The van der Waals surface area contributed by atoms with Crippen LogP contribution in [0.4, 0.5) is 11.4 Å². The van der Waals surface area contributed by atoms with Crippen LogP contribution >= 0.6 is 11.8 Å². The lowest BCUT2D eigenvalue weighted by molar-refractivity contribution is -0.114. The highest BCUT2D eigenvalue weighted by Crippen LogP contribution is 2.33. The molecule has 0 atom stereocenters. The predicted molar refractivity (Wildman–Crippen MR) is 84.2 cm³/mol. The van der Waals surface area contributed by atoms with E-state index in [1.807, 2.05) is 24.3 Å². The number of nitrogen functional groups attached to an aromatic ring is 1. The van der Waals surface area contributed by atoms with E-state index in [1.165, 1.54) is 18.7 Å². The fourth-order valence-electron chi connectivity index (χ4n) is 1.73. The van der Waals surface area contributed by atoms with Crippen molar-refractivity contribution in [1.82, 2.24) is 0 Å². The molecule has 0 aliphatic heterocycles. The topological polar surface area (TPSA) is 98.2 Å². The summed E-state index contributed by atoms with van der Waals surface area (Å²) in [6.07, 6.45) is 0. The van der Waals surface area contributed by atoms with E-state index in [9.17, 15) is 9.59 Å². The number of carbonyl (C=O) groups is 2. The van der Waals surface area contributed by atoms with E-state index in [1.54, 1.807) is 18.2 Å². The van der Waals surface area contributed by atoms with Gasteiger partial charge in [0.1, 0.15) is 0 Å². The minimum atomic E-state index is -0.502. The normalized spacial score (nSPS) is 10.1. The predicted octanol–water partition coefficient (Wildman–Crippen LogP) is 2.48. The van der Waals surface area contributed by atoms with Gasteiger partial charge in [-0.25, -0.2) is 0 Å². The Bertz CT molecular complexity index is 684. The van der Waals surface area contributed by atoms with Gasteiger partial charge in [-0.1, -0.05) is 11.8 Å². The Morgan fingerprint density at radius 3 is 2.29 bits per heavy atom. The highest BCUT2D eigenvalue weighted by Gasteiger charge is 2.06. The van der Waals surface area contributed by atoms with Crippen molar-refractivity contribution in [2.75, 3.05) is 11.1 Å². The first-order valence-corrected chi connectivity index (χ1v) is 7.02. The van der Waals surface area contributed by atoms with Crippen molar-refractivity contribution in [3.63, 3.8) is 0 Å². The standard InChI is InChI=1S/C15H15N3O2S/c1-9(19)18-11-3-5-12(6-4-11)21-14-7-2-10(15(17)20)8-13(14)16/h2-8H,16H2,1H3,(H2,17,20)(H,18,19). The molecule has 0 fully saturated rings. The second kappa shape index (κ2) is 6.32. The molecule has 0 unspecified atom stereocenters. The van der Waals surface area contributed by atoms with Gasteiger partial charge in [0.05, 0.1) is 0 Å². The number of nitrogens with one attached hydrogen (secondary N) is 1. The molecule has 5 N–H and O–H groups in total. The van der Waals surface area contributed by atoms with Crippen molar-refractivity contribution in [2.45, 2.75) is 16.7 Å². The summed E-state index contributed by atoms with van der Waals surface area (Å²) in [6.45, 7) is 1.46. The van der Waals surface area contributed by atoms with Gasteiger partial charge in [0.2, 0.25) is 11.8 Å². The number of primary amides is 1. The lowest BCUT2D eigenvalue weighted by Gasteiger charge is -2.08. The molecule has 0 spiro atoms. The molecule has 0 heterocycles. The first kappa shape index (κ1) is 14.9. The van der Waals surface area contributed by atoms with Crippen LogP contribution in [0.3, 0.4) is 0 Å². The summed E-state index contributed by atoms with van der Waals surface area (Å²) in [5.74, 6) is -0.611. The van der Waals surface area contributed by atoms with Crippen molar-refractivity contribution in [2.24, 2.45) is 5.73 Å². The zero-order valence-electron chi connectivity index (χ0n) is 11.4. The average Bonchev–Trinajstić information content (AvgIpc) is 2.42. The molecule has 6 heteroatoms. The van der Waals surface area contributed by atoms with Gasteiger partial charge in [-0.2, -0.15) is 0 Å². The summed E-state index contributed by atoms with van der Waals surface area (Å²) >= 11 is 1.47. The minimum absolute atomic E-state index is 0.110. The molecule has 0 aromatic heterocycles. The van der Waals surface area contributed by atoms with Crippen molar-refractivity contribution < 1.29 is 9.59 Å². The Labute approximate surface area is 126 Å². The quantitative estimate of drug-likeness (QED) is 0.755. The number of nitrogens with two attached hydrogens (primary N) is 2. The third-order valence-corrected chi connectivity index (χ3v) is 3.80. The molecular formula is C15H15N3O2S. The number of anilines is 2. The van der Waals surface area contributed by atoms with Gasteiger partial charge >= 0.3 is 0 Å². The van der Waals surface area contributed by atoms with Crippen molar-refractivity contribution in [3.8, 4) is 0 Å². The number of hydrogen-bond acceptors (Lipinski definition) is 4. The summed E-state index contributed by atoms with van der Waals surface area (Å²) < 4.78 is 0. The van der Waals surface area contributed by atoms with Crippen LogP contribution in [0.2, 0.25) is 0 Å². The Balaban J connectivity index is 2.14. The van der Waals surface area contributed by atoms with Gasteiger partial charge in [-0.15, -0.1) is 0 Å². The van der Waals surface area contributed by atoms with Gasteiger partial charge in [0.15, 0.2) is 0 Å². The summed E-state index contributed by atoms with van der Waals surface area (Å²) in [7, 11) is 0. The number of rotatable bonds is 4. The second-order valence-corrected chi connectivity index (χ2v) is 5.54. The Kier molecular flexibility index (Phi) is 4.49. The van der Waals surface area contributed by atoms with Gasteiger partial charge in [0, 0.05) is 33.7 Å². The molecule has 2 aromatic rings. The fraction of sp³-hybridized carbons (Fsp3) is 0.0667. The molecule has 21 heavy (non-hydrogen) atoms. The summed E-state index contributed by atoms with van der Waals surface area (Å²) in [4.78, 5) is 23.8. The molecule has 5 nitrogen and oxygen atoms in total. The third kappa shape index (κ3) is 4.00. The number of hydrogen-bond donors (Lipinski definition) is 3. The summed E-state index contributed by atoms with van der Waals surface area (Å²) in [5, 5.41) is 2.70. The lowest BCUT2D eigenvalue weighted by Crippen LogP contribution is -2.11. The number of amides is 2. The highest BCUT2D eigenvalue weighted by molar-refractivity contribution is 7.99. The van der Waals surface area contributed by atoms with Crippen LogP contribution in [0.15, 0.2) is 52.3 Å². The smallest absolute Gasteiger partial charge is 0.248 e. The van der Waals surface area contributed by atoms with E-state index in [4.69, 9.17) is 11.5 Å². The van der Waals surface area contributed by atoms with E-state index in [0.29, 0.717) is 11.3 Å². The molecule has 108 valence electrons. The van der Waals surface area contributed by atoms with Gasteiger partial charge in [0.25, 0.3) is 0 Å². The van der Waals surface area contributed by atoms with E-state index in [2.05, 4.69) is 5.32 Å². The van der Waals surface area contributed by atoms with Gasteiger partial charge in [-0.3, -0.25) is 9.59 Å². The Hall–Kier alpha value is -2.47. The number of benzene rings is 2.